The van der Waals surface area contributed by atoms with Crippen molar-refractivity contribution in [1.82, 2.24) is 10.2 Å². The van der Waals surface area contributed by atoms with Crippen LogP contribution in [-0.2, 0) is 6.54 Å². The molecule has 1 heterocycles. The van der Waals surface area contributed by atoms with Gasteiger partial charge in [0, 0.05) is 13.1 Å². The number of nitrogens with zero attached hydrogens (tertiary/aromatic N) is 1. The third kappa shape index (κ3) is 4.60. The normalized spacial score (nSPS) is 25.2. The fraction of sp³-hybridized carbons (Fsp3) is 0.625. The largest absolute Gasteiger partial charge is 0.390 e. The Bertz CT molecular complexity index is 368. The van der Waals surface area contributed by atoms with E-state index >= 15 is 0 Å². The fourth-order valence-electron chi connectivity index (χ4n) is 2.84. The van der Waals surface area contributed by atoms with Crippen molar-refractivity contribution in [3.8, 4) is 0 Å². The van der Waals surface area contributed by atoms with Gasteiger partial charge in [0.15, 0.2) is 0 Å². The third-order valence-electron chi connectivity index (χ3n) is 4.10. The third-order valence-corrected chi connectivity index (χ3v) is 4.10. The SMILES string of the molecule is CNCCC1(O)CCCN(Cc2ccccc2)CC1. The van der Waals surface area contributed by atoms with Crippen LogP contribution in [-0.4, -0.2) is 42.3 Å². The molecule has 3 nitrogen and oxygen atoms in total. The van der Waals surface area contributed by atoms with Crippen molar-refractivity contribution in [3.05, 3.63) is 35.9 Å². The Balaban J connectivity index is 1.86. The van der Waals surface area contributed by atoms with Crippen molar-refractivity contribution >= 4 is 0 Å². The van der Waals surface area contributed by atoms with Gasteiger partial charge in [-0.25, -0.2) is 0 Å². The first-order valence-electron chi connectivity index (χ1n) is 7.35. The van der Waals surface area contributed by atoms with Crippen LogP contribution < -0.4 is 5.32 Å². The van der Waals surface area contributed by atoms with Crippen LogP contribution in [0.3, 0.4) is 0 Å². The first-order chi connectivity index (χ1) is 9.22. The van der Waals surface area contributed by atoms with Crippen molar-refractivity contribution in [3.63, 3.8) is 0 Å². The first kappa shape index (κ1) is 14.5. The van der Waals surface area contributed by atoms with Crippen LogP contribution in [0.2, 0.25) is 0 Å². The van der Waals surface area contributed by atoms with E-state index in [9.17, 15) is 5.11 Å². The van der Waals surface area contributed by atoms with E-state index < -0.39 is 5.60 Å². The minimum Gasteiger partial charge on any atom is -0.390 e. The molecular formula is C16H26N2O. The maximum Gasteiger partial charge on any atom is 0.0672 e. The van der Waals surface area contributed by atoms with Crippen molar-refractivity contribution in [1.29, 1.82) is 0 Å². The second kappa shape index (κ2) is 7.04. The highest BCUT2D eigenvalue weighted by Gasteiger charge is 2.29. The molecule has 0 bridgehead atoms. The van der Waals surface area contributed by atoms with Gasteiger partial charge in [-0.3, -0.25) is 4.90 Å². The van der Waals surface area contributed by atoms with Gasteiger partial charge >= 0.3 is 0 Å². The first-order valence-corrected chi connectivity index (χ1v) is 7.35. The molecule has 1 aromatic carbocycles. The second-order valence-electron chi connectivity index (χ2n) is 5.69. The second-order valence-corrected chi connectivity index (χ2v) is 5.69. The Morgan fingerprint density at radius 1 is 1.21 bits per heavy atom. The summed E-state index contributed by atoms with van der Waals surface area (Å²) in [5.41, 5.74) is 0.900. The molecule has 0 saturated carbocycles. The Morgan fingerprint density at radius 3 is 2.74 bits per heavy atom. The summed E-state index contributed by atoms with van der Waals surface area (Å²) in [5.74, 6) is 0. The van der Waals surface area contributed by atoms with Gasteiger partial charge in [-0.1, -0.05) is 30.3 Å². The fourth-order valence-corrected chi connectivity index (χ4v) is 2.84. The molecular weight excluding hydrogens is 236 g/mol. The molecule has 2 N–H and O–H groups in total. The minimum absolute atomic E-state index is 0.464. The number of benzene rings is 1. The van der Waals surface area contributed by atoms with Gasteiger partial charge in [0.05, 0.1) is 5.60 Å². The van der Waals surface area contributed by atoms with E-state index in [4.69, 9.17) is 0 Å². The number of nitrogens with one attached hydrogen (secondary N) is 1. The molecule has 19 heavy (non-hydrogen) atoms. The lowest BCUT2D eigenvalue weighted by Gasteiger charge is -2.27. The lowest BCUT2D eigenvalue weighted by molar-refractivity contribution is 0.0176. The van der Waals surface area contributed by atoms with Gasteiger partial charge in [-0.2, -0.15) is 0 Å². The summed E-state index contributed by atoms with van der Waals surface area (Å²) in [5, 5.41) is 13.7. The van der Waals surface area contributed by atoms with Crippen molar-refractivity contribution in [2.45, 2.75) is 37.8 Å². The summed E-state index contributed by atoms with van der Waals surface area (Å²) in [6, 6.07) is 10.6. The van der Waals surface area contributed by atoms with Crippen LogP contribution in [0.4, 0.5) is 0 Å². The average molecular weight is 262 g/mol. The van der Waals surface area contributed by atoms with Crippen molar-refractivity contribution < 1.29 is 5.11 Å². The average Bonchev–Trinajstić information content (AvgIpc) is 2.61. The molecule has 1 atom stereocenters. The van der Waals surface area contributed by atoms with Crippen molar-refractivity contribution in [2.24, 2.45) is 0 Å². The summed E-state index contributed by atoms with van der Waals surface area (Å²) < 4.78 is 0. The van der Waals surface area contributed by atoms with Crippen LogP contribution in [0, 0.1) is 0 Å². The van der Waals surface area contributed by atoms with Gasteiger partial charge in [-0.15, -0.1) is 0 Å². The number of rotatable bonds is 5. The molecule has 0 radical (unpaired) electrons. The molecule has 3 heteroatoms. The summed E-state index contributed by atoms with van der Waals surface area (Å²) in [4.78, 5) is 2.46. The number of hydrogen-bond donors (Lipinski definition) is 2. The zero-order valence-corrected chi connectivity index (χ0v) is 11.9. The quantitative estimate of drug-likeness (QED) is 0.852. The summed E-state index contributed by atoms with van der Waals surface area (Å²) in [7, 11) is 1.95. The Kier molecular flexibility index (Phi) is 5.37. The molecule has 1 aliphatic heterocycles. The smallest absolute Gasteiger partial charge is 0.0672 e. The molecule has 0 spiro atoms. The molecule has 1 fully saturated rings. The Hall–Kier alpha value is -0.900. The molecule has 1 aromatic rings. The highest BCUT2D eigenvalue weighted by Crippen LogP contribution is 2.26. The van der Waals surface area contributed by atoms with Gasteiger partial charge in [0.2, 0.25) is 0 Å². The molecule has 1 aliphatic rings. The van der Waals surface area contributed by atoms with Crippen LogP contribution in [0.5, 0.6) is 0 Å². The molecule has 2 rings (SSSR count). The predicted octanol–water partition coefficient (Wildman–Crippen LogP) is 2.01. The monoisotopic (exact) mass is 262 g/mol. The lowest BCUT2D eigenvalue weighted by atomic mass is 9.91. The van der Waals surface area contributed by atoms with Gasteiger partial charge in [-0.05, 0) is 51.4 Å². The van der Waals surface area contributed by atoms with E-state index in [1.807, 2.05) is 7.05 Å². The van der Waals surface area contributed by atoms with E-state index in [0.29, 0.717) is 0 Å². The maximum absolute atomic E-state index is 10.6. The van der Waals surface area contributed by atoms with Crippen LogP contribution >= 0.6 is 0 Å². The lowest BCUT2D eigenvalue weighted by Crippen LogP contribution is -2.34. The number of aliphatic hydroxyl groups is 1. The van der Waals surface area contributed by atoms with E-state index in [1.54, 1.807) is 0 Å². The maximum atomic E-state index is 10.6. The van der Waals surface area contributed by atoms with Gasteiger partial charge in [0.1, 0.15) is 0 Å². The minimum atomic E-state index is -0.464. The Labute approximate surface area is 116 Å². The molecule has 0 amide bonds. The molecule has 0 aromatic heterocycles. The molecule has 1 unspecified atom stereocenters. The van der Waals surface area contributed by atoms with E-state index in [2.05, 4.69) is 40.5 Å². The van der Waals surface area contributed by atoms with E-state index in [1.165, 1.54) is 5.56 Å². The highest BCUT2D eigenvalue weighted by atomic mass is 16.3. The van der Waals surface area contributed by atoms with E-state index in [0.717, 1.165) is 51.9 Å². The predicted molar refractivity (Wildman–Crippen MR) is 79.1 cm³/mol. The standard InChI is InChI=1S/C16H26N2O/c1-17-11-9-16(19)8-5-12-18(13-10-16)14-15-6-3-2-4-7-15/h2-4,6-7,17,19H,5,8-14H2,1H3. The van der Waals surface area contributed by atoms with Crippen LogP contribution in [0.1, 0.15) is 31.2 Å². The topological polar surface area (TPSA) is 35.5 Å². The molecule has 0 aliphatic carbocycles. The summed E-state index contributed by atoms with van der Waals surface area (Å²) in [6.07, 6.45) is 3.78. The zero-order chi connectivity index (χ0) is 13.6. The van der Waals surface area contributed by atoms with Crippen LogP contribution in [0.25, 0.3) is 0 Å². The highest BCUT2D eigenvalue weighted by molar-refractivity contribution is 5.14. The number of likely N-dealkylation sites (tertiary alicyclic amines) is 1. The molecule has 106 valence electrons. The Morgan fingerprint density at radius 2 is 2.00 bits per heavy atom. The summed E-state index contributed by atoms with van der Waals surface area (Å²) in [6.45, 7) is 3.99. The van der Waals surface area contributed by atoms with Gasteiger partial charge in [0.25, 0.3) is 0 Å². The number of hydrogen-bond acceptors (Lipinski definition) is 3. The van der Waals surface area contributed by atoms with Crippen molar-refractivity contribution in [2.75, 3.05) is 26.7 Å². The summed E-state index contributed by atoms with van der Waals surface area (Å²) >= 11 is 0. The van der Waals surface area contributed by atoms with E-state index in [-0.39, 0.29) is 0 Å². The van der Waals surface area contributed by atoms with Crippen LogP contribution in [0.15, 0.2) is 30.3 Å². The molecule has 1 saturated heterocycles. The van der Waals surface area contributed by atoms with Gasteiger partial charge < -0.3 is 10.4 Å². The zero-order valence-electron chi connectivity index (χ0n) is 11.9.